The summed E-state index contributed by atoms with van der Waals surface area (Å²) in [6, 6.07) is 15.7. The fourth-order valence-electron chi connectivity index (χ4n) is 4.50. The Morgan fingerprint density at radius 2 is 1.85 bits per heavy atom. The van der Waals surface area contributed by atoms with Crippen LogP contribution >= 0.6 is 11.6 Å². The second-order valence-electron chi connectivity index (χ2n) is 9.63. The molecule has 1 aliphatic heterocycles. The van der Waals surface area contributed by atoms with Gasteiger partial charge in [-0.15, -0.1) is 0 Å². The molecule has 1 aliphatic rings. The number of aryl methyl sites for hydroxylation is 1. The molecule has 1 aromatic heterocycles. The Labute approximate surface area is 235 Å². The summed E-state index contributed by atoms with van der Waals surface area (Å²) in [5.74, 6) is -2.66. The minimum atomic E-state index is -5.08. The summed E-state index contributed by atoms with van der Waals surface area (Å²) in [7, 11) is 4.13. The van der Waals surface area contributed by atoms with Crippen LogP contribution in [0.4, 0.5) is 13.2 Å². The van der Waals surface area contributed by atoms with E-state index in [1.165, 1.54) is 0 Å². The average molecular weight is 576 g/mol. The molecule has 1 atom stereocenters. The van der Waals surface area contributed by atoms with Crippen molar-refractivity contribution in [1.29, 1.82) is 5.26 Å². The molecule has 0 aliphatic carbocycles. The van der Waals surface area contributed by atoms with Gasteiger partial charge < -0.3 is 14.9 Å². The van der Waals surface area contributed by atoms with Crippen molar-refractivity contribution in [3.8, 4) is 11.8 Å². The van der Waals surface area contributed by atoms with Crippen LogP contribution in [0.2, 0.25) is 5.02 Å². The van der Waals surface area contributed by atoms with Crippen LogP contribution in [0.3, 0.4) is 0 Å². The third-order valence-electron chi connectivity index (χ3n) is 6.80. The van der Waals surface area contributed by atoms with Gasteiger partial charge in [0.25, 0.3) is 5.91 Å². The van der Waals surface area contributed by atoms with Crippen LogP contribution in [-0.4, -0.2) is 76.0 Å². The van der Waals surface area contributed by atoms with E-state index in [0.717, 1.165) is 53.3 Å². The number of alkyl halides is 3. The molecule has 0 saturated carbocycles. The van der Waals surface area contributed by atoms with Crippen molar-refractivity contribution in [2.24, 2.45) is 0 Å². The van der Waals surface area contributed by atoms with Gasteiger partial charge in [0, 0.05) is 42.4 Å². The molecule has 2 aromatic carbocycles. The Kier molecular flexibility index (Phi) is 9.60. The van der Waals surface area contributed by atoms with Gasteiger partial charge in [-0.25, -0.2) is 9.48 Å². The van der Waals surface area contributed by atoms with E-state index in [1.807, 2.05) is 53.8 Å². The minimum Gasteiger partial charge on any atom is -0.475 e. The van der Waals surface area contributed by atoms with Gasteiger partial charge in [0.15, 0.2) is 0 Å². The molecule has 12 heteroatoms. The molecule has 1 N–H and O–H groups in total. The number of carbonyl (C=O) groups excluding carboxylic acids is 1. The maximum atomic E-state index is 13.4. The molecule has 0 radical (unpaired) electrons. The first-order valence-electron chi connectivity index (χ1n) is 12.3. The van der Waals surface area contributed by atoms with Gasteiger partial charge in [0.2, 0.25) is 0 Å². The molecular formula is C28H29ClF3N5O3. The zero-order chi connectivity index (χ0) is 29.8. The van der Waals surface area contributed by atoms with Crippen LogP contribution in [0.15, 0.2) is 42.5 Å². The van der Waals surface area contributed by atoms with Crippen molar-refractivity contribution in [2.75, 3.05) is 27.2 Å². The Morgan fingerprint density at radius 3 is 2.40 bits per heavy atom. The summed E-state index contributed by atoms with van der Waals surface area (Å²) in [6.07, 6.45) is -3.46. The van der Waals surface area contributed by atoms with E-state index in [4.69, 9.17) is 31.9 Å². The van der Waals surface area contributed by atoms with Crippen molar-refractivity contribution in [1.82, 2.24) is 19.6 Å². The highest BCUT2D eigenvalue weighted by Gasteiger charge is 2.38. The normalized spacial score (nSPS) is 15.0. The van der Waals surface area contributed by atoms with Crippen molar-refractivity contribution in [3.05, 3.63) is 81.1 Å². The lowest BCUT2D eigenvalue weighted by Gasteiger charge is -2.21. The zero-order valence-corrected chi connectivity index (χ0v) is 23.2. The van der Waals surface area contributed by atoms with Crippen molar-refractivity contribution in [2.45, 2.75) is 38.9 Å². The number of nitriles is 1. The number of benzene rings is 2. The molecule has 212 valence electrons. The number of aromatic nitrogens is 2. The third kappa shape index (κ3) is 7.00. The molecular weight excluding hydrogens is 547 g/mol. The van der Waals surface area contributed by atoms with Gasteiger partial charge in [0.05, 0.1) is 22.0 Å². The monoisotopic (exact) mass is 575 g/mol. The van der Waals surface area contributed by atoms with Crippen molar-refractivity contribution >= 4 is 23.5 Å². The number of carboxylic acid groups (broad SMARTS) is 1. The maximum Gasteiger partial charge on any atom is 0.490 e. The molecule has 3 aromatic rings. The summed E-state index contributed by atoms with van der Waals surface area (Å²) < 4.78 is 33.6. The molecule has 1 amide bonds. The first-order valence-corrected chi connectivity index (χ1v) is 12.7. The third-order valence-corrected chi connectivity index (χ3v) is 7.11. The van der Waals surface area contributed by atoms with Gasteiger partial charge in [-0.2, -0.15) is 23.5 Å². The predicted molar refractivity (Wildman–Crippen MR) is 144 cm³/mol. The lowest BCUT2D eigenvalue weighted by atomic mass is 9.98. The topological polar surface area (TPSA) is 102 Å². The molecule has 1 saturated heterocycles. The highest BCUT2D eigenvalue weighted by molar-refractivity contribution is 6.31. The Hall–Kier alpha value is -3.88. The SMILES string of the molecule is Cc1nn(-c2ccc(C#N)c(Cl)c2)c(C)c1Cc1ccccc1C(=O)N1CCC(N(C)C)C1.O=C(O)C(F)(F)F. The molecule has 1 fully saturated rings. The quantitative estimate of drug-likeness (QED) is 0.459. The summed E-state index contributed by atoms with van der Waals surface area (Å²) >= 11 is 6.25. The number of aliphatic carboxylic acids is 1. The first kappa shape index (κ1) is 30.7. The number of carbonyl (C=O) groups is 2. The smallest absolute Gasteiger partial charge is 0.475 e. The molecule has 40 heavy (non-hydrogen) atoms. The number of rotatable bonds is 5. The number of hydrogen-bond acceptors (Lipinski definition) is 5. The zero-order valence-electron chi connectivity index (χ0n) is 22.5. The second kappa shape index (κ2) is 12.5. The second-order valence-corrected chi connectivity index (χ2v) is 10.0. The van der Waals surface area contributed by atoms with Gasteiger partial charge >= 0.3 is 12.1 Å². The van der Waals surface area contributed by atoms with E-state index in [-0.39, 0.29) is 5.91 Å². The lowest BCUT2D eigenvalue weighted by molar-refractivity contribution is -0.192. The number of halogens is 4. The fourth-order valence-corrected chi connectivity index (χ4v) is 4.72. The number of likely N-dealkylation sites (N-methyl/N-ethyl adjacent to an activating group) is 1. The number of carboxylic acids is 1. The van der Waals surface area contributed by atoms with Crippen molar-refractivity contribution < 1.29 is 27.9 Å². The van der Waals surface area contributed by atoms with E-state index < -0.39 is 12.1 Å². The fraction of sp³-hybridized carbons (Fsp3) is 0.357. The summed E-state index contributed by atoms with van der Waals surface area (Å²) in [4.78, 5) is 26.4. The summed E-state index contributed by atoms with van der Waals surface area (Å²) in [5.41, 5.74) is 5.98. The van der Waals surface area contributed by atoms with E-state index in [1.54, 1.807) is 12.1 Å². The van der Waals surface area contributed by atoms with E-state index in [0.29, 0.717) is 23.0 Å². The number of amides is 1. The van der Waals surface area contributed by atoms with Gasteiger partial charge in [0.1, 0.15) is 6.07 Å². The first-order chi connectivity index (χ1) is 18.7. The van der Waals surface area contributed by atoms with Crippen LogP contribution in [-0.2, 0) is 11.2 Å². The average Bonchev–Trinajstić information content (AvgIpc) is 3.50. The Bertz CT molecular complexity index is 1450. The highest BCUT2D eigenvalue weighted by Crippen LogP contribution is 2.26. The molecule has 0 bridgehead atoms. The summed E-state index contributed by atoms with van der Waals surface area (Å²) in [5, 5.41) is 21.4. The molecule has 8 nitrogen and oxygen atoms in total. The van der Waals surface area contributed by atoms with Crippen LogP contribution in [0.5, 0.6) is 0 Å². The lowest BCUT2D eigenvalue weighted by Crippen LogP contribution is -2.34. The maximum absolute atomic E-state index is 13.4. The van der Waals surface area contributed by atoms with E-state index in [9.17, 15) is 18.0 Å². The Morgan fingerprint density at radius 1 is 1.20 bits per heavy atom. The molecule has 1 unspecified atom stereocenters. The van der Waals surface area contributed by atoms with Crippen LogP contribution in [0.1, 0.15) is 44.9 Å². The molecule has 2 heterocycles. The molecule has 0 spiro atoms. The van der Waals surface area contributed by atoms with Gasteiger partial charge in [-0.05, 0) is 64.2 Å². The van der Waals surface area contributed by atoms with E-state index >= 15 is 0 Å². The highest BCUT2D eigenvalue weighted by atomic mass is 35.5. The molecule has 4 rings (SSSR count). The summed E-state index contributed by atoms with van der Waals surface area (Å²) in [6.45, 7) is 5.55. The minimum absolute atomic E-state index is 0.0940. The van der Waals surface area contributed by atoms with Crippen LogP contribution in [0, 0.1) is 25.2 Å². The van der Waals surface area contributed by atoms with Gasteiger partial charge in [-0.3, -0.25) is 4.79 Å². The number of likely N-dealkylation sites (tertiary alicyclic amines) is 1. The number of nitrogens with zero attached hydrogens (tertiary/aromatic N) is 5. The van der Waals surface area contributed by atoms with Crippen LogP contribution < -0.4 is 0 Å². The largest absolute Gasteiger partial charge is 0.490 e. The van der Waals surface area contributed by atoms with Gasteiger partial charge in [-0.1, -0.05) is 29.8 Å². The standard InChI is InChI=1S/C26H28ClN5O.C2HF3O2/c1-17-24(18(2)32(29-17)21-10-9-20(15-28)25(27)14-21)13-19-7-5-6-8-23(19)26(33)31-12-11-22(16-31)30(3)4;3-2(4,5)1(6)7/h5-10,14,22H,11-13,16H2,1-4H3;(H,6,7). The van der Waals surface area contributed by atoms with Crippen molar-refractivity contribution in [3.63, 3.8) is 0 Å². The predicted octanol–water partition coefficient (Wildman–Crippen LogP) is 5.01. The Balaban J connectivity index is 0.000000559. The van der Waals surface area contributed by atoms with Crippen LogP contribution in [0.25, 0.3) is 5.69 Å². The number of hydrogen-bond donors (Lipinski definition) is 1. The van der Waals surface area contributed by atoms with E-state index in [2.05, 4.69) is 25.1 Å².